The number of carbonyl (C=O) groups is 2. The molecule has 2 amide bonds. The topological polar surface area (TPSA) is 65.2 Å². The van der Waals surface area contributed by atoms with E-state index in [4.69, 9.17) is 0 Å². The fourth-order valence-corrected chi connectivity index (χ4v) is 3.84. The maximum atomic E-state index is 13.1. The second-order valence-electron chi connectivity index (χ2n) is 6.25. The number of hydrogen-bond donors (Lipinski definition) is 2. The van der Waals surface area contributed by atoms with Gasteiger partial charge in [-0.2, -0.15) is 0 Å². The lowest BCUT2D eigenvalue weighted by Crippen LogP contribution is -2.48. The average Bonchev–Trinajstić information content (AvgIpc) is 3.28. The Morgan fingerprint density at radius 3 is 2.73 bits per heavy atom. The minimum Gasteiger partial charge on any atom is -0.361 e. The number of likely N-dealkylation sites (N-methyl/N-ethyl adjacent to an activating group) is 1. The van der Waals surface area contributed by atoms with Crippen molar-refractivity contribution < 1.29 is 9.59 Å². The Morgan fingerprint density at radius 2 is 2.04 bits per heavy atom. The number of thiophene rings is 1. The molecule has 2 N–H and O–H groups in total. The predicted molar refractivity (Wildman–Crippen MR) is 105 cm³/mol. The Balaban J connectivity index is 1.82. The molecule has 26 heavy (non-hydrogen) atoms. The van der Waals surface area contributed by atoms with Crippen LogP contribution in [0.25, 0.3) is 10.9 Å². The van der Waals surface area contributed by atoms with Crippen LogP contribution in [0.15, 0.2) is 48.0 Å². The van der Waals surface area contributed by atoms with Gasteiger partial charge < -0.3 is 15.2 Å². The van der Waals surface area contributed by atoms with Crippen molar-refractivity contribution in [1.29, 1.82) is 0 Å². The monoisotopic (exact) mass is 369 g/mol. The maximum absolute atomic E-state index is 13.1. The molecule has 0 saturated heterocycles. The molecule has 0 spiro atoms. The molecular formula is C20H23N3O2S. The molecule has 3 rings (SSSR count). The fourth-order valence-electron chi connectivity index (χ4n) is 3.12. The first-order valence-corrected chi connectivity index (χ1v) is 9.59. The lowest BCUT2D eigenvalue weighted by molar-refractivity contribution is -0.136. The number of carbonyl (C=O) groups excluding carboxylic acids is 2. The molecular weight excluding hydrogens is 346 g/mol. The van der Waals surface area contributed by atoms with Crippen molar-refractivity contribution in [3.63, 3.8) is 0 Å². The summed E-state index contributed by atoms with van der Waals surface area (Å²) in [5.74, 6) is -0.253. The van der Waals surface area contributed by atoms with Gasteiger partial charge in [0.2, 0.25) is 11.8 Å². The summed E-state index contributed by atoms with van der Waals surface area (Å²) in [6.45, 7) is 4.57. The van der Waals surface area contributed by atoms with E-state index < -0.39 is 6.04 Å². The number of benzene rings is 1. The standard InChI is InChI=1S/C20H23N3O2S/c1-3-23(13-16-7-6-10-26-16)20(25)19(22-14(2)24)11-15-12-21-18-9-5-4-8-17(15)18/h4-10,12,19,21H,3,11,13H2,1-2H3,(H,22,24). The van der Waals surface area contributed by atoms with Gasteiger partial charge in [-0.1, -0.05) is 24.3 Å². The van der Waals surface area contributed by atoms with Gasteiger partial charge in [0.15, 0.2) is 0 Å². The molecule has 0 fully saturated rings. The summed E-state index contributed by atoms with van der Waals surface area (Å²) in [5, 5.41) is 5.92. The number of H-pyrrole nitrogens is 1. The number of fused-ring (bicyclic) bond motifs is 1. The zero-order valence-electron chi connectivity index (χ0n) is 15.0. The summed E-state index contributed by atoms with van der Waals surface area (Å²) in [7, 11) is 0. The van der Waals surface area contributed by atoms with E-state index >= 15 is 0 Å². The molecule has 0 bridgehead atoms. The third-order valence-electron chi connectivity index (χ3n) is 4.39. The van der Waals surface area contributed by atoms with E-state index in [1.165, 1.54) is 6.92 Å². The molecule has 3 aromatic rings. The zero-order chi connectivity index (χ0) is 18.5. The first-order chi connectivity index (χ1) is 12.6. The van der Waals surface area contributed by atoms with Crippen LogP contribution in [0.3, 0.4) is 0 Å². The van der Waals surface area contributed by atoms with E-state index in [0.29, 0.717) is 19.5 Å². The van der Waals surface area contributed by atoms with Crippen molar-refractivity contribution in [2.75, 3.05) is 6.54 Å². The highest BCUT2D eigenvalue weighted by Crippen LogP contribution is 2.20. The fraction of sp³-hybridized carbons (Fsp3) is 0.300. The van der Waals surface area contributed by atoms with Gasteiger partial charge in [0, 0.05) is 41.9 Å². The number of aromatic nitrogens is 1. The highest BCUT2D eigenvalue weighted by atomic mass is 32.1. The third kappa shape index (κ3) is 4.14. The van der Waals surface area contributed by atoms with Crippen LogP contribution in [0, 0.1) is 0 Å². The van der Waals surface area contributed by atoms with Crippen LogP contribution in [0.5, 0.6) is 0 Å². The molecule has 1 unspecified atom stereocenters. The van der Waals surface area contributed by atoms with Gasteiger partial charge in [-0.3, -0.25) is 9.59 Å². The van der Waals surface area contributed by atoms with E-state index in [1.807, 2.05) is 54.9 Å². The van der Waals surface area contributed by atoms with Gasteiger partial charge in [0.1, 0.15) is 6.04 Å². The van der Waals surface area contributed by atoms with Crippen LogP contribution in [0.4, 0.5) is 0 Å². The zero-order valence-corrected chi connectivity index (χ0v) is 15.8. The van der Waals surface area contributed by atoms with Gasteiger partial charge >= 0.3 is 0 Å². The van der Waals surface area contributed by atoms with Gasteiger partial charge in [0.25, 0.3) is 0 Å². The van der Waals surface area contributed by atoms with Crippen molar-refractivity contribution in [3.8, 4) is 0 Å². The summed E-state index contributed by atoms with van der Waals surface area (Å²) in [6, 6.07) is 11.4. The molecule has 0 aliphatic heterocycles. The predicted octanol–water partition coefficient (Wildman–Crippen LogP) is 3.33. The Hall–Kier alpha value is -2.60. The lowest BCUT2D eigenvalue weighted by Gasteiger charge is -2.26. The average molecular weight is 369 g/mol. The second-order valence-corrected chi connectivity index (χ2v) is 7.28. The molecule has 1 atom stereocenters. The van der Waals surface area contributed by atoms with E-state index in [9.17, 15) is 9.59 Å². The maximum Gasteiger partial charge on any atom is 0.245 e. The molecule has 0 aliphatic carbocycles. The number of amides is 2. The van der Waals surface area contributed by atoms with Crippen LogP contribution in [-0.4, -0.2) is 34.3 Å². The van der Waals surface area contributed by atoms with Crippen molar-refractivity contribution in [2.45, 2.75) is 32.9 Å². The van der Waals surface area contributed by atoms with Crippen LogP contribution in [0.1, 0.15) is 24.3 Å². The summed E-state index contributed by atoms with van der Waals surface area (Å²) in [5.41, 5.74) is 2.06. The van der Waals surface area contributed by atoms with Gasteiger partial charge in [-0.25, -0.2) is 0 Å². The van der Waals surface area contributed by atoms with Crippen LogP contribution in [0.2, 0.25) is 0 Å². The van der Waals surface area contributed by atoms with E-state index in [1.54, 1.807) is 16.2 Å². The summed E-state index contributed by atoms with van der Waals surface area (Å²) >= 11 is 1.63. The minimum atomic E-state index is -0.577. The first-order valence-electron chi connectivity index (χ1n) is 8.71. The molecule has 5 nitrogen and oxygen atoms in total. The summed E-state index contributed by atoms with van der Waals surface area (Å²) < 4.78 is 0. The first kappa shape index (κ1) is 18.2. The van der Waals surface area contributed by atoms with Gasteiger partial charge in [0.05, 0.1) is 6.54 Å². The Morgan fingerprint density at radius 1 is 1.23 bits per heavy atom. The third-order valence-corrected chi connectivity index (χ3v) is 5.26. The van der Waals surface area contributed by atoms with Gasteiger partial charge in [-0.05, 0) is 30.0 Å². The van der Waals surface area contributed by atoms with E-state index in [0.717, 1.165) is 21.3 Å². The Labute approximate surface area is 157 Å². The molecule has 1 aromatic carbocycles. The summed E-state index contributed by atoms with van der Waals surface area (Å²) in [6.07, 6.45) is 2.38. The number of rotatable bonds is 7. The molecule has 0 aliphatic rings. The van der Waals surface area contributed by atoms with Gasteiger partial charge in [-0.15, -0.1) is 11.3 Å². The molecule has 2 aromatic heterocycles. The molecule has 2 heterocycles. The van der Waals surface area contributed by atoms with Crippen molar-refractivity contribution in [2.24, 2.45) is 0 Å². The largest absolute Gasteiger partial charge is 0.361 e. The SMILES string of the molecule is CCN(Cc1cccs1)C(=O)C(Cc1c[nH]c2ccccc12)NC(C)=O. The van der Waals surface area contributed by atoms with Crippen molar-refractivity contribution in [1.82, 2.24) is 15.2 Å². The second kappa shape index (κ2) is 8.19. The molecule has 136 valence electrons. The van der Waals surface area contributed by atoms with Crippen LogP contribution >= 0.6 is 11.3 Å². The lowest BCUT2D eigenvalue weighted by atomic mass is 10.0. The van der Waals surface area contributed by atoms with Crippen LogP contribution < -0.4 is 5.32 Å². The number of nitrogens with one attached hydrogen (secondary N) is 2. The molecule has 0 radical (unpaired) electrons. The number of aromatic amines is 1. The van der Waals surface area contributed by atoms with E-state index in [-0.39, 0.29) is 11.8 Å². The highest BCUT2D eigenvalue weighted by Gasteiger charge is 2.26. The number of para-hydroxylation sites is 1. The van der Waals surface area contributed by atoms with Crippen LogP contribution in [-0.2, 0) is 22.6 Å². The Bertz CT molecular complexity index is 885. The molecule has 6 heteroatoms. The smallest absolute Gasteiger partial charge is 0.245 e. The van der Waals surface area contributed by atoms with E-state index in [2.05, 4.69) is 10.3 Å². The molecule has 0 saturated carbocycles. The number of hydrogen-bond acceptors (Lipinski definition) is 3. The normalized spacial score (nSPS) is 12.1. The Kier molecular flexibility index (Phi) is 5.73. The summed E-state index contributed by atoms with van der Waals surface area (Å²) in [4.78, 5) is 31.0. The van der Waals surface area contributed by atoms with Crippen molar-refractivity contribution in [3.05, 3.63) is 58.4 Å². The minimum absolute atomic E-state index is 0.0543. The van der Waals surface area contributed by atoms with Crippen molar-refractivity contribution >= 4 is 34.1 Å². The number of nitrogens with zero attached hydrogens (tertiary/aromatic N) is 1. The quantitative estimate of drug-likeness (QED) is 0.671. The highest BCUT2D eigenvalue weighted by molar-refractivity contribution is 7.09.